The lowest BCUT2D eigenvalue weighted by Gasteiger charge is -2.26. The van der Waals surface area contributed by atoms with E-state index < -0.39 is 17.7 Å². The zero-order chi connectivity index (χ0) is 18.1. The number of Topliss-reactive ketones (excluding diaryl/α,β-unsaturated/α-hetero) is 1. The van der Waals surface area contributed by atoms with E-state index in [1.807, 2.05) is 23.6 Å². The highest BCUT2D eigenvalue weighted by Gasteiger charge is 2.47. The number of hydrogen-bond acceptors (Lipinski definition) is 5. The molecule has 1 N–H and O–H groups in total. The zero-order valence-corrected chi connectivity index (χ0v) is 14.9. The third-order valence-electron chi connectivity index (χ3n) is 4.82. The van der Waals surface area contributed by atoms with Crippen molar-refractivity contribution >= 4 is 28.8 Å². The van der Waals surface area contributed by atoms with Crippen molar-refractivity contribution in [1.82, 2.24) is 4.90 Å². The van der Waals surface area contributed by atoms with E-state index in [2.05, 4.69) is 0 Å². The Morgan fingerprint density at radius 3 is 2.65 bits per heavy atom. The predicted octanol–water partition coefficient (Wildman–Crippen LogP) is 3.35. The number of carbonyl (C=O) groups excluding carboxylic acids is 2. The van der Waals surface area contributed by atoms with Gasteiger partial charge in [0, 0.05) is 23.6 Å². The summed E-state index contributed by atoms with van der Waals surface area (Å²) in [5.41, 5.74) is 0.686. The van der Waals surface area contributed by atoms with Gasteiger partial charge in [0.1, 0.15) is 5.76 Å². The highest BCUT2D eigenvalue weighted by atomic mass is 32.1. The van der Waals surface area contributed by atoms with Crippen LogP contribution in [0.1, 0.15) is 29.3 Å². The third-order valence-corrected chi connectivity index (χ3v) is 5.75. The van der Waals surface area contributed by atoms with Crippen molar-refractivity contribution in [3.05, 3.63) is 63.9 Å². The van der Waals surface area contributed by atoms with E-state index in [9.17, 15) is 14.7 Å². The van der Waals surface area contributed by atoms with Crippen molar-refractivity contribution in [2.45, 2.75) is 25.0 Å². The van der Waals surface area contributed by atoms with E-state index >= 15 is 0 Å². The number of thiophene rings is 1. The summed E-state index contributed by atoms with van der Waals surface area (Å²) in [7, 11) is 0. The molecule has 5 nitrogen and oxygen atoms in total. The monoisotopic (exact) mass is 369 g/mol. The molecule has 2 atom stereocenters. The van der Waals surface area contributed by atoms with Crippen molar-refractivity contribution in [3.63, 3.8) is 0 Å². The molecule has 1 aromatic carbocycles. The van der Waals surface area contributed by atoms with E-state index in [-0.39, 0.29) is 17.4 Å². The van der Waals surface area contributed by atoms with Crippen LogP contribution in [0.2, 0.25) is 0 Å². The number of ketones is 1. The van der Waals surface area contributed by atoms with Crippen molar-refractivity contribution in [2.75, 3.05) is 13.2 Å². The Hall–Kier alpha value is -2.44. The average molecular weight is 369 g/mol. The largest absolute Gasteiger partial charge is 0.507 e. The van der Waals surface area contributed by atoms with Gasteiger partial charge >= 0.3 is 0 Å². The van der Waals surface area contributed by atoms with Crippen LogP contribution in [0.5, 0.6) is 0 Å². The summed E-state index contributed by atoms with van der Waals surface area (Å²) in [5.74, 6) is -1.34. The fraction of sp³-hybridized carbons (Fsp3) is 0.300. The van der Waals surface area contributed by atoms with Gasteiger partial charge in [-0.25, -0.2) is 0 Å². The van der Waals surface area contributed by atoms with Gasteiger partial charge in [-0.1, -0.05) is 36.4 Å². The molecule has 2 aliphatic heterocycles. The molecule has 26 heavy (non-hydrogen) atoms. The average Bonchev–Trinajstić information content (AvgIpc) is 3.41. The molecule has 4 rings (SSSR count). The molecule has 2 aliphatic rings. The Morgan fingerprint density at radius 2 is 2.00 bits per heavy atom. The lowest BCUT2D eigenvalue weighted by atomic mass is 10.00. The summed E-state index contributed by atoms with van der Waals surface area (Å²) in [5, 5.41) is 12.7. The minimum Gasteiger partial charge on any atom is -0.507 e. The fourth-order valence-electron chi connectivity index (χ4n) is 3.57. The lowest BCUT2D eigenvalue weighted by Crippen LogP contribution is -2.36. The molecule has 134 valence electrons. The maximum absolute atomic E-state index is 12.8. The molecule has 1 amide bonds. The number of rotatable bonds is 4. The Balaban J connectivity index is 1.79. The molecular weight excluding hydrogens is 350 g/mol. The summed E-state index contributed by atoms with van der Waals surface area (Å²) in [6, 6.07) is 12.1. The van der Waals surface area contributed by atoms with E-state index in [0.29, 0.717) is 18.7 Å². The molecule has 2 unspecified atom stereocenters. The lowest BCUT2D eigenvalue weighted by molar-refractivity contribution is -0.140. The molecule has 2 fully saturated rings. The fourth-order valence-corrected chi connectivity index (χ4v) is 4.42. The SMILES string of the molecule is O=C1C(=O)N(CC2CCCO2)C(c2cccs2)C1=C(O)c1ccccc1. The zero-order valence-electron chi connectivity index (χ0n) is 14.1. The van der Waals surface area contributed by atoms with Gasteiger partial charge in [0.05, 0.1) is 17.7 Å². The van der Waals surface area contributed by atoms with Gasteiger partial charge in [-0.05, 0) is 24.3 Å². The van der Waals surface area contributed by atoms with Crippen LogP contribution >= 0.6 is 11.3 Å². The van der Waals surface area contributed by atoms with Crippen LogP contribution in [0.3, 0.4) is 0 Å². The Kier molecular flexibility index (Phi) is 4.61. The van der Waals surface area contributed by atoms with E-state index in [1.165, 1.54) is 11.3 Å². The van der Waals surface area contributed by atoms with Gasteiger partial charge in [0.25, 0.3) is 11.7 Å². The molecule has 2 aromatic rings. The molecule has 0 spiro atoms. The molecule has 0 bridgehead atoms. The maximum atomic E-state index is 12.8. The van der Waals surface area contributed by atoms with Crippen molar-refractivity contribution in [2.24, 2.45) is 0 Å². The minimum atomic E-state index is -0.636. The Bertz CT molecular complexity index is 838. The number of aliphatic hydroxyl groups excluding tert-OH is 1. The Morgan fingerprint density at radius 1 is 1.19 bits per heavy atom. The molecular formula is C20H19NO4S. The predicted molar refractivity (Wildman–Crippen MR) is 98.7 cm³/mol. The molecule has 2 saturated heterocycles. The van der Waals surface area contributed by atoms with Crippen LogP contribution in [0.4, 0.5) is 0 Å². The van der Waals surface area contributed by atoms with Crippen molar-refractivity contribution in [3.8, 4) is 0 Å². The van der Waals surface area contributed by atoms with Gasteiger partial charge < -0.3 is 14.7 Å². The first-order valence-corrected chi connectivity index (χ1v) is 9.53. The third kappa shape index (κ3) is 2.95. The van der Waals surface area contributed by atoms with Gasteiger partial charge in [-0.3, -0.25) is 9.59 Å². The van der Waals surface area contributed by atoms with Crippen molar-refractivity contribution < 1.29 is 19.4 Å². The summed E-state index contributed by atoms with van der Waals surface area (Å²) in [4.78, 5) is 27.9. The van der Waals surface area contributed by atoms with Crippen LogP contribution in [0.15, 0.2) is 53.4 Å². The van der Waals surface area contributed by atoms with E-state index in [4.69, 9.17) is 4.74 Å². The molecule has 0 radical (unpaired) electrons. The van der Waals surface area contributed by atoms with E-state index in [1.54, 1.807) is 29.2 Å². The second-order valence-corrected chi connectivity index (χ2v) is 7.45. The topological polar surface area (TPSA) is 66.8 Å². The second-order valence-electron chi connectivity index (χ2n) is 6.47. The summed E-state index contributed by atoms with van der Waals surface area (Å²) >= 11 is 1.47. The highest BCUT2D eigenvalue weighted by Crippen LogP contribution is 2.41. The molecule has 3 heterocycles. The number of benzene rings is 1. The summed E-state index contributed by atoms with van der Waals surface area (Å²) < 4.78 is 5.66. The number of likely N-dealkylation sites (tertiary alicyclic amines) is 1. The maximum Gasteiger partial charge on any atom is 0.295 e. The van der Waals surface area contributed by atoms with Gasteiger partial charge in [0.2, 0.25) is 0 Å². The molecule has 6 heteroatoms. The smallest absolute Gasteiger partial charge is 0.295 e. The van der Waals surface area contributed by atoms with E-state index in [0.717, 1.165) is 17.7 Å². The number of carbonyl (C=O) groups is 2. The van der Waals surface area contributed by atoms with Crippen LogP contribution in [-0.2, 0) is 14.3 Å². The standard InChI is InChI=1S/C20H19NO4S/c22-18(13-6-2-1-3-7-13)16-17(15-9-5-11-26-15)21(20(24)19(16)23)12-14-8-4-10-25-14/h1-3,5-7,9,11,14,17,22H,4,8,10,12H2. The number of hydrogen-bond donors (Lipinski definition) is 1. The van der Waals surface area contributed by atoms with Crippen LogP contribution in [0.25, 0.3) is 5.76 Å². The number of nitrogens with zero attached hydrogens (tertiary/aromatic N) is 1. The molecule has 0 saturated carbocycles. The first-order chi connectivity index (χ1) is 12.7. The number of amides is 1. The molecule has 1 aromatic heterocycles. The van der Waals surface area contributed by atoms with Gasteiger partial charge in [0.15, 0.2) is 0 Å². The number of aliphatic hydroxyl groups is 1. The first kappa shape index (κ1) is 17.0. The summed E-state index contributed by atoms with van der Waals surface area (Å²) in [6.45, 7) is 1.04. The summed E-state index contributed by atoms with van der Waals surface area (Å²) in [6.07, 6.45) is 1.77. The molecule has 0 aliphatic carbocycles. The normalized spacial score (nSPS) is 25.2. The first-order valence-electron chi connectivity index (χ1n) is 8.65. The van der Waals surface area contributed by atoms with Crippen molar-refractivity contribution in [1.29, 1.82) is 0 Å². The quantitative estimate of drug-likeness (QED) is 0.510. The minimum absolute atomic E-state index is 0.0626. The number of ether oxygens (including phenoxy) is 1. The van der Waals surface area contributed by atoms with Crippen LogP contribution < -0.4 is 0 Å². The van der Waals surface area contributed by atoms with Gasteiger partial charge in [-0.15, -0.1) is 11.3 Å². The highest BCUT2D eigenvalue weighted by molar-refractivity contribution is 7.10. The van der Waals surface area contributed by atoms with Crippen LogP contribution in [0, 0.1) is 0 Å². The Labute approximate surface area is 155 Å². The van der Waals surface area contributed by atoms with Crippen LogP contribution in [-0.4, -0.2) is 41.0 Å². The van der Waals surface area contributed by atoms with Gasteiger partial charge in [-0.2, -0.15) is 0 Å². The second kappa shape index (κ2) is 7.05.